The smallest absolute Gasteiger partial charge is 0.0707 e. The Balaban J connectivity index is 1.67. The lowest BCUT2D eigenvalue weighted by atomic mass is 9.72. The molecule has 4 nitrogen and oxygen atoms in total. The van der Waals surface area contributed by atoms with E-state index in [-0.39, 0.29) is 5.54 Å². The maximum absolute atomic E-state index is 5.99. The number of methoxy groups -OCH3 is 1. The number of nitrogens with zero attached hydrogens (tertiary/aromatic N) is 1. The Morgan fingerprint density at radius 2 is 1.94 bits per heavy atom. The molecular formula is C12H22N2O2. The van der Waals surface area contributed by atoms with E-state index in [1.165, 1.54) is 12.8 Å². The van der Waals surface area contributed by atoms with E-state index < -0.39 is 0 Å². The van der Waals surface area contributed by atoms with Gasteiger partial charge in [0.2, 0.25) is 0 Å². The summed E-state index contributed by atoms with van der Waals surface area (Å²) in [7, 11) is 1.80. The van der Waals surface area contributed by atoms with Crippen LogP contribution in [0.2, 0.25) is 0 Å². The number of rotatable bonds is 3. The molecule has 4 heteroatoms. The SMILES string of the molecule is COC1CC(CN)(N2CC3CCC(C2)O3)C1. The highest BCUT2D eigenvalue weighted by atomic mass is 16.5. The molecule has 2 aliphatic heterocycles. The number of likely N-dealkylation sites (tertiary alicyclic amines) is 1. The molecule has 0 radical (unpaired) electrons. The second-order valence-electron chi connectivity index (χ2n) is 5.56. The summed E-state index contributed by atoms with van der Waals surface area (Å²) < 4.78 is 11.3. The fourth-order valence-electron chi connectivity index (χ4n) is 3.51. The molecule has 2 N–H and O–H groups in total. The molecule has 16 heavy (non-hydrogen) atoms. The summed E-state index contributed by atoms with van der Waals surface area (Å²) in [5.74, 6) is 0. The lowest BCUT2D eigenvalue weighted by Crippen LogP contribution is -2.67. The zero-order valence-corrected chi connectivity index (χ0v) is 10.0. The van der Waals surface area contributed by atoms with Crippen LogP contribution in [0.5, 0.6) is 0 Å². The van der Waals surface area contributed by atoms with E-state index in [0.717, 1.165) is 32.5 Å². The van der Waals surface area contributed by atoms with Crippen molar-refractivity contribution in [3.63, 3.8) is 0 Å². The molecule has 0 aromatic rings. The molecule has 2 bridgehead atoms. The summed E-state index contributed by atoms with van der Waals surface area (Å²) in [5.41, 5.74) is 6.20. The van der Waals surface area contributed by atoms with Crippen molar-refractivity contribution in [2.45, 2.75) is 49.5 Å². The normalized spacial score (nSPS) is 48.0. The van der Waals surface area contributed by atoms with Crippen LogP contribution in [0.4, 0.5) is 0 Å². The van der Waals surface area contributed by atoms with Gasteiger partial charge < -0.3 is 15.2 Å². The fourth-order valence-corrected chi connectivity index (χ4v) is 3.51. The molecule has 0 amide bonds. The van der Waals surface area contributed by atoms with Gasteiger partial charge in [0.1, 0.15) is 0 Å². The van der Waals surface area contributed by atoms with Crippen LogP contribution in [-0.2, 0) is 9.47 Å². The van der Waals surface area contributed by atoms with Crippen molar-refractivity contribution in [1.29, 1.82) is 0 Å². The van der Waals surface area contributed by atoms with Crippen molar-refractivity contribution >= 4 is 0 Å². The largest absolute Gasteiger partial charge is 0.381 e. The molecule has 0 aromatic carbocycles. The Labute approximate surface area is 97.1 Å². The lowest BCUT2D eigenvalue weighted by Gasteiger charge is -2.55. The molecule has 3 fully saturated rings. The quantitative estimate of drug-likeness (QED) is 0.754. The van der Waals surface area contributed by atoms with E-state index >= 15 is 0 Å². The van der Waals surface area contributed by atoms with Gasteiger partial charge in [0.05, 0.1) is 18.3 Å². The van der Waals surface area contributed by atoms with Gasteiger partial charge in [-0.1, -0.05) is 0 Å². The fraction of sp³-hybridized carbons (Fsp3) is 1.00. The summed E-state index contributed by atoms with van der Waals surface area (Å²) in [6.07, 6.45) is 6.00. The first-order valence-electron chi connectivity index (χ1n) is 6.39. The highest BCUT2D eigenvalue weighted by molar-refractivity contribution is 5.07. The highest BCUT2D eigenvalue weighted by Gasteiger charge is 2.51. The number of hydrogen-bond acceptors (Lipinski definition) is 4. The van der Waals surface area contributed by atoms with Crippen LogP contribution < -0.4 is 5.73 Å². The molecular weight excluding hydrogens is 204 g/mol. The zero-order valence-electron chi connectivity index (χ0n) is 10.0. The summed E-state index contributed by atoms with van der Waals surface area (Å²) in [6, 6.07) is 0. The minimum atomic E-state index is 0.214. The topological polar surface area (TPSA) is 47.7 Å². The first-order chi connectivity index (χ1) is 7.75. The number of hydrogen-bond donors (Lipinski definition) is 1. The third-order valence-corrected chi connectivity index (χ3v) is 4.64. The average Bonchev–Trinajstić information content (AvgIpc) is 2.58. The maximum Gasteiger partial charge on any atom is 0.0707 e. The monoisotopic (exact) mass is 226 g/mol. The molecule has 0 spiro atoms. The zero-order chi connectivity index (χ0) is 11.2. The van der Waals surface area contributed by atoms with Crippen molar-refractivity contribution in [2.75, 3.05) is 26.7 Å². The Morgan fingerprint density at radius 3 is 2.44 bits per heavy atom. The molecule has 2 heterocycles. The van der Waals surface area contributed by atoms with E-state index in [0.29, 0.717) is 18.3 Å². The molecule has 1 saturated carbocycles. The van der Waals surface area contributed by atoms with Gasteiger partial charge in [-0.15, -0.1) is 0 Å². The van der Waals surface area contributed by atoms with Crippen molar-refractivity contribution in [1.82, 2.24) is 4.90 Å². The lowest BCUT2D eigenvalue weighted by molar-refractivity contribution is -0.137. The van der Waals surface area contributed by atoms with E-state index in [4.69, 9.17) is 15.2 Å². The second kappa shape index (κ2) is 3.95. The first-order valence-corrected chi connectivity index (χ1v) is 6.39. The summed E-state index contributed by atoms with van der Waals surface area (Å²) in [5, 5.41) is 0. The molecule has 3 rings (SSSR count). The molecule has 0 aromatic heterocycles. The van der Waals surface area contributed by atoms with Gasteiger partial charge in [0, 0.05) is 32.3 Å². The standard InChI is InChI=1S/C12H22N2O2/c1-15-11-4-12(5-11,8-13)14-6-9-2-3-10(7-14)16-9/h9-11H,2-8,13H2,1H3. The van der Waals surface area contributed by atoms with Crippen molar-refractivity contribution in [2.24, 2.45) is 5.73 Å². The third-order valence-electron chi connectivity index (χ3n) is 4.64. The third kappa shape index (κ3) is 1.59. The minimum absolute atomic E-state index is 0.214. The van der Waals surface area contributed by atoms with Gasteiger partial charge in [-0.05, 0) is 25.7 Å². The van der Waals surface area contributed by atoms with Crippen molar-refractivity contribution in [3.05, 3.63) is 0 Å². The number of fused-ring (bicyclic) bond motifs is 2. The highest BCUT2D eigenvalue weighted by Crippen LogP contribution is 2.42. The molecule has 92 valence electrons. The Morgan fingerprint density at radius 1 is 1.31 bits per heavy atom. The minimum Gasteiger partial charge on any atom is -0.381 e. The average molecular weight is 226 g/mol. The predicted molar refractivity (Wildman–Crippen MR) is 61.3 cm³/mol. The van der Waals surface area contributed by atoms with Gasteiger partial charge in [0.15, 0.2) is 0 Å². The van der Waals surface area contributed by atoms with Crippen LogP contribution in [0, 0.1) is 0 Å². The van der Waals surface area contributed by atoms with Gasteiger partial charge >= 0.3 is 0 Å². The van der Waals surface area contributed by atoms with E-state index in [9.17, 15) is 0 Å². The second-order valence-corrected chi connectivity index (χ2v) is 5.56. The van der Waals surface area contributed by atoms with Gasteiger partial charge in [0.25, 0.3) is 0 Å². The molecule has 2 unspecified atom stereocenters. The number of morpholine rings is 1. The predicted octanol–water partition coefficient (Wildman–Crippen LogP) is 0.356. The van der Waals surface area contributed by atoms with Gasteiger partial charge in [-0.25, -0.2) is 0 Å². The van der Waals surface area contributed by atoms with Gasteiger partial charge in [-0.2, -0.15) is 0 Å². The van der Waals surface area contributed by atoms with Crippen LogP contribution in [-0.4, -0.2) is 55.5 Å². The first kappa shape index (κ1) is 11.0. The van der Waals surface area contributed by atoms with Crippen LogP contribution in [0.25, 0.3) is 0 Å². The Bertz CT molecular complexity index is 254. The number of ether oxygens (including phenoxy) is 2. The summed E-state index contributed by atoms with van der Waals surface area (Å²) in [6.45, 7) is 2.90. The molecule has 3 aliphatic rings. The van der Waals surface area contributed by atoms with Crippen LogP contribution >= 0.6 is 0 Å². The molecule has 2 atom stereocenters. The van der Waals surface area contributed by atoms with Crippen LogP contribution in [0.15, 0.2) is 0 Å². The van der Waals surface area contributed by atoms with E-state index in [1.54, 1.807) is 7.11 Å². The number of nitrogens with two attached hydrogens (primary N) is 1. The van der Waals surface area contributed by atoms with E-state index in [2.05, 4.69) is 4.90 Å². The van der Waals surface area contributed by atoms with E-state index in [1.807, 2.05) is 0 Å². The molecule has 2 saturated heterocycles. The van der Waals surface area contributed by atoms with Crippen molar-refractivity contribution < 1.29 is 9.47 Å². The summed E-state index contributed by atoms with van der Waals surface area (Å²) in [4.78, 5) is 2.58. The van der Waals surface area contributed by atoms with Gasteiger partial charge in [-0.3, -0.25) is 4.90 Å². The van der Waals surface area contributed by atoms with Crippen LogP contribution in [0.1, 0.15) is 25.7 Å². The Kier molecular flexibility index (Phi) is 2.70. The van der Waals surface area contributed by atoms with Crippen molar-refractivity contribution in [3.8, 4) is 0 Å². The molecule has 1 aliphatic carbocycles. The maximum atomic E-state index is 5.99. The summed E-state index contributed by atoms with van der Waals surface area (Å²) >= 11 is 0. The Hall–Kier alpha value is -0.160. The van der Waals surface area contributed by atoms with Crippen LogP contribution in [0.3, 0.4) is 0 Å².